The molecule has 1 heterocycles. The number of benzene rings is 2. The van der Waals surface area contributed by atoms with Gasteiger partial charge in [-0.05, 0) is 43.3 Å². The lowest BCUT2D eigenvalue weighted by atomic mass is 10.2. The van der Waals surface area contributed by atoms with Crippen molar-refractivity contribution in [1.29, 1.82) is 0 Å². The Hall–Kier alpha value is -2.45. The number of hydrogen-bond acceptors (Lipinski definition) is 4. The lowest BCUT2D eigenvalue weighted by Crippen LogP contribution is -2.33. The molecule has 1 amide bonds. The summed E-state index contributed by atoms with van der Waals surface area (Å²) in [6.07, 6.45) is 0. The Morgan fingerprint density at radius 1 is 1.21 bits per heavy atom. The highest BCUT2D eigenvalue weighted by molar-refractivity contribution is 8.00. The number of H-pyrrole nitrogens is 1. The summed E-state index contributed by atoms with van der Waals surface area (Å²) in [6.45, 7) is 2.32. The van der Waals surface area contributed by atoms with Crippen molar-refractivity contribution in [3.63, 3.8) is 0 Å². The van der Waals surface area contributed by atoms with Crippen LogP contribution in [0.3, 0.4) is 0 Å². The number of nitrogens with zero attached hydrogens (tertiary/aromatic N) is 2. The van der Waals surface area contributed by atoms with E-state index in [0.717, 1.165) is 23.9 Å². The SMILES string of the molecule is CCN(Cc1nc2cc(Cl)ccc2c(=O)[nH]1)C(=O)CSc1ccc(F)c(F)c1. The number of aromatic amines is 1. The third-order valence-electron chi connectivity index (χ3n) is 4.05. The standard InChI is InChI=1S/C19H16ClF2N3O2S/c1-2-25(18(26)10-28-12-4-6-14(21)15(22)8-12)9-17-23-16-7-11(20)3-5-13(16)19(27)24-17/h3-8H,2,9-10H2,1H3,(H,23,24,27). The van der Waals surface area contributed by atoms with Crippen molar-refractivity contribution in [2.45, 2.75) is 18.4 Å². The molecule has 0 aliphatic rings. The summed E-state index contributed by atoms with van der Waals surface area (Å²) in [6, 6.07) is 8.28. The van der Waals surface area contributed by atoms with Crippen molar-refractivity contribution in [1.82, 2.24) is 14.9 Å². The Morgan fingerprint density at radius 3 is 2.71 bits per heavy atom. The van der Waals surface area contributed by atoms with Crippen LogP contribution in [0.25, 0.3) is 10.9 Å². The average molecular weight is 424 g/mol. The molecule has 146 valence electrons. The third kappa shape index (κ3) is 4.69. The molecular weight excluding hydrogens is 408 g/mol. The van der Waals surface area contributed by atoms with Gasteiger partial charge < -0.3 is 9.88 Å². The van der Waals surface area contributed by atoms with Gasteiger partial charge in [-0.25, -0.2) is 13.8 Å². The van der Waals surface area contributed by atoms with E-state index in [1.807, 2.05) is 0 Å². The molecule has 3 aromatic rings. The number of carbonyl (C=O) groups excluding carboxylic acids is 1. The Kier molecular flexibility index (Phi) is 6.31. The first kappa shape index (κ1) is 20.3. The van der Waals surface area contributed by atoms with Crippen LogP contribution in [0, 0.1) is 11.6 Å². The first-order valence-electron chi connectivity index (χ1n) is 8.41. The van der Waals surface area contributed by atoms with E-state index in [2.05, 4.69) is 9.97 Å². The monoisotopic (exact) mass is 423 g/mol. The lowest BCUT2D eigenvalue weighted by molar-refractivity contribution is -0.128. The molecule has 0 aliphatic carbocycles. The van der Waals surface area contributed by atoms with Gasteiger partial charge in [-0.3, -0.25) is 9.59 Å². The fourth-order valence-electron chi connectivity index (χ4n) is 2.60. The van der Waals surface area contributed by atoms with E-state index >= 15 is 0 Å². The molecule has 5 nitrogen and oxygen atoms in total. The summed E-state index contributed by atoms with van der Waals surface area (Å²) < 4.78 is 26.3. The van der Waals surface area contributed by atoms with E-state index in [1.165, 1.54) is 11.0 Å². The summed E-state index contributed by atoms with van der Waals surface area (Å²) in [7, 11) is 0. The Morgan fingerprint density at radius 2 is 2.00 bits per heavy atom. The largest absolute Gasteiger partial charge is 0.335 e. The van der Waals surface area contributed by atoms with E-state index < -0.39 is 11.6 Å². The van der Waals surface area contributed by atoms with Crippen molar-refractivity contribution >= 4 is 40.2 Å². The van der Waals surface area contributed by atoms with Crippen molar-refractivity contribution in [3.05, 3.63) is 69.2 Å². The van der Waals surface area contributed by atoms with Gasteiger partial charge in [0.15, 0.2) is 11.6 Å². The summed E-state index contributed by atoms with van der Waals surface area (Å²) in [5.74, 6) is -1.72. The Labute approximate surface area is 168 Å². The molecule has 0 unspecified atom stereocenters. The molecule has 0 fully saturated rings. The van der Waals surface area contributed by atoms with Gasteiger partial charge in [0.25, 0.3) is 5.56 Å². The minimum atomic E-state index is -0.957. The fraction of sp³-hybridized carbons (Fsp3) is 0.211. The van der Waals surface area contributed by atoms with Crippen LogP contribution in [0.1, 0.15) is 12.7 Å². The zero-order valence-electron chi connectivity index (χ0n) is 14.8. The predicted molar refractivity (Wildman–Crippen MR) is 106 cm³/mol. The fourth-order valence-corrected chi connectivity index (χ4v) is 3.59. The topological polar surface area (TPSA) is 66.1 Å². The van der Waals surface area contributed by atoms with Gasteiger partial charge in [-0.1, -0.05) is 11.6 Å². The zero-order chi connectivity index (χ0) is 20.3. The molecular formula is C19H16ClF2N3O2S. The van der Waals surface area contributed by atoms with Crippen LogP contribution in [0.5, 0.6) is 0 Å². The molecule has 2 aromatic carbocycles. The summed E-state index contributed by atoms with van der Waals surface area (Å²) >= 11 is 7.06. The highest BCUT2D eigenvalue weighted by atomic mass is 35.5. The zero-order valence-corrected chi connectivity index (χ0v) is 16.4. The number of halogens is 3. The van der Waals surface area contributed by atoms with Gasteiger partial charge in [0.2, 0.25) is 5.91 Å². The van der Waals surface area contributed by atoms with Crippen LogP contribution in [0.4, 0.5) is 8.78 Å². The van der Waals surface area contributed by atoms with Gasteiger partial charge in [0.05, 0.1) is 23.2 Å². The van der Waals surface area contributed by atoms with Crippen molar-refractivity contribution in [2.75, 3.05) is 12.3 Å². The van der Waals surface area contributed by atoms with E-state index in [1.54, 1.807) is 25.1 Å². The van der Waals surface area contributed by atoms with Gasteiger partial charge >= 0.3 is 0 Å². The average Bonchev–Trinajstić information content (AvgIpc) is 2.66. The Bertz CT molecular complexity index is 1090. The van der Waals surface area contributed by atoms with Crippen molar-refractivity contribution in [2.24, 2.45) is 0 Å². The number of hydrogen-bond donors (Lipinski definition) is 1. The molecule has 0 atom stereocenters. The molecule has 0 spiro atoms. The number of fused-ring (bicyclic) bond motifs is 1. The van der Waals surface area contributed by atoms with E-state index in [9.17, 15) is 18.4 Å². The third-order valence-corrected chi connectivity index (χ3v) is 5.26. The molecule has 0 bridgehead atoms. The molecule has 1 aromatic heterocycles. The quantitative estimate of drug-likeness (QED) is 0.609. The van der Waals surface area contributed by atoms with Crippen LogP contribution in [0.2, 0.25) is 5.02 Å². The number of carbonyl (C=O) groups is 1. The van der Waals surface area contributed by atoms with E-state index in [4.69, 9.17) is 11.6 Å². The van der Waals surface area contributed by atoms with E-state index in [-0.39, 0.29) is 23.8 Å². The second kappa shape index (κ2) is 8.70. The molecule has 0 saturated heterocycles. The predicted octanol–water partition coefficient (Wildman–Crippen LogP) is 4.00. The highest BCUT2D eigenvalue weighted by Crippen LogP contribution is 2.21. The maximum atomic E-state index is 13.3. The van der Waals surface area contributed by atoms with Gasteiger partial charge in [-0.2, -0.15) is 0 Å². The number of nitrogens with one attached hydrogen (secondary N) is 1. The van der Waals surface area contributed by atoms with Crippen molar-refractivity contribution < 1.29 is 13.6 Å². The van der Waals surface area contributed by atoms with Crippen LogP contribution in [0.15, 0.2) is 46.1 Å². The minimum Gasteiger partial charge on any atom is -0.335 e. The number of aromatic nitrogens is 2. The molecule has 3 rings (SSSR count). The van der Waals surface area contributed by atoms with Gasteiger partial charge in [0.1, 0.15) is 5.82 Å². The minimum absolute atomic E-state index is 0.0442. The molecule has 0 aliphatic heterocycles. The maximum Gasteiger partial charge on any atom is 0.258 e. The molecule has 9 heteroatoms. The smallest absolute Gasteiger partial charge is 0.258 e. The molecule has 0 saturated carbocycles. The van der Waals surface area contributed by atoms with E-state index in [0.29, 0.717) is 33.2 Å². The number of rotatable bonds is 6. The first-order chi connectivity index (χ1) is 13.4. The second-order valence-electron chi connectivity index (χ2n) is 5.95. The van der Waals surface area contributed by atoms with Crippen molar-refractivity contribution in [3.8, 4) is 0 Å². The number of amides is 1. The van der Waals surface area contributed by atoms with Gasteiger partial charge in [-0.15, -0.1) is 11.8 Å². The van der Waals surface area contributed by atoms with Crippen LogP contribution >= 0.6 is 23.4 Å². The van der Waals surface area contributed by atoms with Crippen LogP contribution < -0.4 is 5.56 Å². The molecule has 0 radical (unpaired) electrons. The maximum absolute atomic E-state index is 13.3. The second-order valence-corrected chi connectivity index (χ2v) is 7.43. The van der Waals surface area contributed by atoms with Crippen LogP contribution in [-0.4, -0.2) is 33.1 Å². The normalized spacial score (nSPS) is 11.0. The Balaban J connectivity index is 1.72. The highest BCUT2D eigenvalue weighted by Gasteiger charge is 2.15. The lowest BCUT2D eigenvalue weighted by Gasteiger charge is -2.20. The summed E-state index contributed by atoms with van der Waals surface area (Å²) in [4.78, 5) is 33.7. The number of thioether (sulfide) groups is 1. The van der Waals surface area contributed by atoms with Crippen LogP contribution in [-0.2, 0) is 11.3 Å². The van der Waals surface area contributed by atoms with Gasteiger partial charge in [0, 0.05) is 16.5 Å². The first-order valence-corrected chi connectivity index (χ1v) is 9.78. The molecule has 1 N–H and O–H groups in total. The molecule has 28 heavy (non-hydrogen) atoms. The summed E-state index contributed by atoms with van der Waals surface area (Å²) in [5.41, 5.74) is 0.141. The summed E-state index contributed by atoms with van der Waals surface area (Å²) in [5, 5.41) is 0.874.